The molecule has 1 amide bonds. The first-order valence-corrected chi connectivity index (χ1v) is 10.8. The molecule has 0 spiro atoms. The standard InChI is InChI=1S/C19H26N4O4S.ClH/c1-4-18-20-9-10-23(18)15(2)19(24)21-11-13-22(14-12-21)28(25,26)17-7-5-16(27-3)6-8-17;/h5-10,15H,4,11-14H2,1-3H3;1H. The van der Waals surface area contributed by atoms with Crippen molar-refractivity contribution in [1.29, 1.82) is 0 Å². The highest BCUT2D eigenvalue weighted by atomic mass is 35.5. The highest BCUT2D eigenvalue weighted by molar-refractivity contribution is 7.89. The molecule has 1 aromatic heterocycles. The number of carbonyl (C=O) groups is 1. The van der Waals surface area contributed by atoms with E-state index in [1.807, 2.05) is 24.6 Å². The van der Waals surface area contributed by atoms with Crippen LogP contribution in [-0.4, -0.2) is 66.4 Å². The molecule has 0 saturated carbocycles. The zero-order chi connectivity index (χ0) is 20.3. The van der Waals surface area contributed by atoms with Crippen molar-refractivity contribution in [2.75, 3.05) is 33.3 Å². The number of aromatic nitrogens is 2. The molecule has 1 atom stereocenters. The highest BCUT2D eigenvalue weighted by Gasteiger charge is 2.32. The minimum Gasteiger partial charge on any atom is -0.497 e. The van der Waals surface area contributed by atoms with Gasteiger partial charge >= 0.3 is 0 Å². The summed E-state index contributed by atoms with van der Waals surface area (Å²) in [5, 5.41) is 0. The maximum absolute atomic E-state index is 12.9. The van der Waals surface area contributed by atoms with Crippen molar-refractivity contribution < 1.29 is 17.9 Å². The van der Waals surface area contributed by atoms with Gasteiger partial charge in [0, 0.05) is 45.0 Å². The highest BCUT2D eigenvalue weighted by Crippen LogP contribution is 2.22. The number of ether oxygens (including phenoxy) is 1. The number of methoxy groups -OCH3 is 1. The first kappa shape index (κ1) is 23.2. The predicted molar refractivity (Wildman–Crippen MR) is 112 cm³/mol. The van der Waals surface area contributed by atoms with E-state index in [0.717, 1.165) is 12.2 Å². The minimum absolute atomic E-state index is 0. The summed E-state index contributed by atoms with van der Waals surface area (Å²) >= 11 is 0. The van der Waals surface area contributed by atoms with Crippen LogP contribution in [0.5, 0.6) is 5.75 Å². The second-order valence-electron chi connectivity index (χ2n) is 6.69. The third-order valence-corrected chi connectivity index (χ3v) is 7.00. The van der Waals surface area contributed by atoms with Gasteiger partial charge in [0.15, 0.2) is 0 Å². The molecular formula is C19H27ClN4O4S. The first-order valence-electron chi connectivity index (χ1n) is 9.33. The second-order valence-corrected chi connectivity index (χ2v) is 8.62. The molecule has 29 heavy (non-hydrogen) atoms. The third-order valence-electron chi connectivity index (χ3n) is 5.09. The maximum Gasteiger partial charge on any atom is 0.245 e. The molecule has 2 heterocycles. The summed E-state index contributed by atoms with van der Waals surface area (Å²) in [6.45, 7) is 5.14. The zero-order valence-electron chi connectivity index (χ0n) is 16.8. The Bertz CT molecular complexity index is 922. The average Bonchev–Trinajstić information content (AvgIpc) is 3.21. The number of hydrogen-bond donors (Lipinski definition) is 0. The number of amides is 1. The smallest absolute Gasteiger partial charge is 0.245 e. The number of benzene rings is 1. The van der Waals surface area contributed by atoms with Gasteiger partial charge in [0.2, 0.25) is 15.9 Å². The van der Waals surface area contributed by atoms with E-state index in [2.05, 4.69) is 4.98 Å². The molecule has 8 nitrogen and oxygen atoms in total. The lowest BCUT2D eigenvalue weighted by Crippen LogP contribution is -2.51. The van der Waals surface area contributed by atoms with Crippen molar-refractivity contribution in [3.05, 3.63) is 42.5 Å². The lowest BCUT2D eigenvalue weighted by molar-refractivity contribution is -0.135. The van der Waals surface area contributed by atoms with Crippen LogP contribution < -0.4 is 4.74 Å². The van der Waals surface area contributed by atoms with Gasteiger partial charge in [-0.15, -0.1) is 12.4 Å². The Morgan fingerprint density at radius 2 is 1.79 bits per heavy atom. The molecule has 3 rings (SSSR count). The van der Waals surface area contributed by atoms with E-state index in [1.54, 1.807) is 35.4 Å². The van der Waals surface area contributed by atoms with Crippen LogP contribution in [0, 0.1) is 0 Å². The third kappa shape index (κ3) is 4.73. The van der Waals surface area contributed by atoms with Crippen molar-refractivity contribution >= 4 is 28.3 Å². The van der Waals surface area contributed by atoms with Crippen molar-refractivity contribution in [2.24, 2.45) is 0 Å². The number of imidazole rings is 1. The number of nitrogens with zero attached hydrogens (tertiary/aromatic N) is 4. The van der Waals surface area contributed by atoms with Gasteiger partial charge in [0.05, 0.1) is 12.0 Å². The molecule has 1 saturated heterocycles. The molecule has 160 valence electrons. The monoisotopic (exact) mass is 442 g/mol. The number of hydrogen-bond acceptors (Lipinski definition) is 5. The summed E-state index contributed by atoms with van der Waals surface area (Å²) in [7, 11) is -2.05. The molecule has 1 aliphatic rings. The van der Waals surface area contributed by atoms with Gasteiger partial charge in [0.25, 0.3) is 0 Å². The number of carbonyl (C=O) groups excluding carboxylic acids is 1. The van der Waals surface area contributed by atoms with Crippen molar-refractivity contribution in [1.82, 2.24) is 18.8 Å². The number of halogens is 1. The summed E-state index contributed by atoms with van der Waals surface area (Å²) in [5.41, 5.74) is 0. The molecule has 0 radical (unpaired) electrons. The number of aryl methyl sites for hydroxylation is 1. The molecule has 0 bridgehead atoms. The van der Waals surface area contributed by atoms with Gasteiger partial charge in [0.1, 0.15) is 17.6 Å². The van der Waals surface area contributed by atoms with Crippen LogP contribution in [0.1, 0.15) is 25.7 Å². The van der Waals surface area contributed by atoms with E-state index in [9.17, 15) is 13.2 Å². The fraction of sp³-hybridized carbons (Fsp3) is 0.474. The van der Waals surface area contributed by atoms with Crippen molar-refractivity contribution in [3.8, 4) is 5.75 Å². The SMILES string of the molecule is CCc1nccn1C(C)C(=O)N1CCN(S(=O)(=O)c2ccc(OC)cc2)CC1.Cl. The van der Waals surface area contributed by atoms with Gasteiger partial charge in [-0.25, -0.2) is 13.4 Å². The number of rotatable bonds is 6. The van der Waals surface area contributed by atoms with Gasteiger partial charge in [-0.2, -0.15) is 4.31 Å². The normalized spacial score (nSPS) is 16.2. The zero-order valence-corrected chi connectivity index (χ0v) is 18.4. The van der Waals surface area contributed by atoms with E-state index in [4.69, 9.17) is 4.74 Å². The molecule has 10 heteroatoms. The Hall–Kier alpha value is -2.10. The lowest BCUT2D eigenvalue weighted by atomic mass is 10.2. The van der Waals surface area contributed by atoms with Crippen LogP contribution in [0.2, 0.25) is 0 Å². The van der Waals surface area contributed by atoms with Crippen LogP contribution in [0.15, 0.2) is 41.6 Å². The molecule has 1 aliphatic heterocycles. The Morgan fingerprint density at radius 3 is 2.34 bits per heavy atom. The molecule has 1 aromatic carbocycles. The summed E-state index contributed by atoms with van der Waals surface area (Å²) in [4.78, 5) is 19.1. The van der Waals surface area contributed by atoms with Crippen LogP contribution >= 0.6 is 12.4 Å². The molecule has 2 aromatic rings. The van der Waals surface area contributed by atoms with Crippen molar-refractivity contribution in [3.63, 3.8) is 0 Å². The van der Waals surface area contributed by atoms with Crippen LogP contribution in [0.3, 0.4) is 0 Å². The Balaban J connectivity index is 0.00000300. The van der Waals surface area contributed by atoms with Gasteiger partial charge < -0.3 is 14.2 Å². The predicted octanol–water partition coefficient (Wildman–Crippen LogP) is 1.97. The Labute approximate surface area is 177 Å². The van der Waals surface area contributed by atoms with Crippen LogP contribution in [0.25, 0.3) is 0 Å². The van der Waals surface area contributed by atoms with E-state index in [0.29, 0.717) is 18.8 Å². The summed E-state index contributed by atoms with van der Waals surface area (Å²) in [5.74, 6) is 1.45. The number of piperazine rings is 1. The Morgan fingerprint density at radius 1 is 1.17 bits per heavy atom. The Kier molecular flexibility index (Phi) is 7.67. The van der Waals surface area contributed by atoms with Gasteiger partial charge in [-0.05, 0) is 31.2 Å². The topological polar surface area (TPSA) is 84.7 Å². The quantitative estimate of drug-likeness (QED) is 0.682. The maximum atomic E-state index is 12.9. The fourth-order valence-corrected chi connectivity index (χ4v) is 4.82. The molecule has 1 fully saturated rings. The molecule has 0 aliphatic carbocycles. The molecule has 0 N–H and O–H groups in total. The van der Waals surface area contributed by atoms with E-state index in [1.165, 1.54) is 11.4 Å². The molecule has 1 unspecified atom stereocenters. The van der Waals surface area contributed by atoms with Crippen LogP contribution in [0.4, 0.5) is 0 Å². The summed E-state index contributed by atoms with van der Waals surface area (Å²) < 4.78 is 34.1. The van der Waals surface area contributed by atoms with Gasteiger partial charge in [-0.3, -0.25) is 4.79 Å². The lowest BCUT2D eigenvalue weighted by Gasteiger charge is -2.35. The number of sulfonamides is 1. The average molecular weight is 443 g/mol. The summed E-state index contributed by atoms with van der Waals surface area (Å²) in [6, 6.07) is 5.98. The van der Waals surface area contributed by atoms with Gasteiger partial charge in [-0.1, -0.05) is 6.92 Å². The summed E-state index contributed by atoms with van der Waals surface area (Å²) in [6.07, 6.45) is 4.26. The van der Waals surface area contributed by atoms with E-state index < -0.39 is 10.0 Å². The van der Waals surface area contributed by atoms with Crippen molar-refractivity contribution in [2.45, 2.75) is 31.2 Å². The minimum atomic E-state index is -3.59. The van der Waals surface area contributed by atoms with E-state index in [-0.39, 0.29) is 42.3 Å². The van der Waals surface area contributed by atoms with Crippen LogP contribution in [-0.2, 0) is 21.2 Å². The first-order chi connectivity index (χ1) is 13.4. The largest absolute Gasteiger partial charge is 0.497 e. The van der Waals surface area contributed by atoms with E-state index >= 15 is 0 Å². The molecular weight excluding hydrogens is 416 g/mol. The second kappa shape index (κ2) is 9.60. The fourth-order valence-electron chi connectivity index (χ4n) is 3.40.